The lowest BCUT2D eigenvalue weighted by atomic mass is 9.70. The monoisotopic (exact) mass is 372 g/mol. The van der Waals surface area contributed by atoms with Gasteiger partial charge in [0, 0.05) is 24.2 Å². The predicted molar refractivity (Wildman–Crippen MR) is 118 cm³/mol. The van der Waals surface area contributed by atoms with Crippen molar-refractivity contribution in [1.29, 1.82) is 0 Å². The van der Waals surface area contributed by atoms with E-state index in [2.05, 4.69) is 66.4 Å². The molecule has 1 atom stereocenters. The lowest BCUT2D eigenvalue weighted by Crippen LogP contribution is -2.51. The van der Waals surface area contributed by atoms with Gasteiger partial charge < -0.3 is 4.90 Å². The van der Waals surface area contributed by atoms with E-state index in [4.69, 9.17) is 4.99 Å². The third-order valence-electron chi connectivity index (χ3n) is 7.44. The summed E-state index contributed by atoms with van der Waals surface area (Å²) < 4.78 is 0. The number of anilines is 1. The Hall–Kier alpha value is -2.09. The number of hydrogen-bond donors (Lipinski definition) is 0. The van der Waals surface area contributed by atoms with Crippen molar-refractivity contribution in [3.8, 4) is 0 Å². The van der Waals surface area contributed by atoms with Crippen LogP contribution < -0.4 is 4.90 Å². The molecule has 0 N–H and O–H groups in total. The third-order valence-corrected chi connectivity index (χ3v) is 7.44. The Bertz CT molecular complexity index is 863. The number of fused-ring (bicyclic) bond motifs is 3. The standard InChI is InChI=1S/C26H32N2/c1-2-3-18-26(21-12-6-4-7-13-21)22-14-8-9-15-23(22)28-20-25(19-27-24(26)28)16-10-5-11-17-25/h4,6-9,12-15H,2-3,5,10-11,16-20H2,1H3. The smallest absolute Gasteiger partial charge is 0.119 e. The van der Waals surface area contributed by atoms with Crippen molar-refractivity contribution in [2.24, 2.45) is 10.4 Å². The number of amidine groups is 1. The van der Waals surface area contributed by atoms with Crippen LogP contribution in [0.4, 0.5) is 5.69 Å². The molecule has 0 amide bonds. The lowest BCUT2D eigenvalue weighted by Gasteiger charge is -2.45. The quantitative estimate of drug-likeness (QED) is 0.611. The Labute approximate surface area is 169 Å². The lowest BCUT2D eigenvalue weighted by molar-refractivity contribution is 0.203. The first kappa shape index (κ1) is 18.0. The van der Waals surface area contributed by atoms with Crippen LogP contribution in [0.15, 0.2) is 59.6 Å². The van der Waals surface area contributed by atoms with Gasteiger partial charge >= 0.3 is 0 Å². The Kier molecular flexibility index (Phi) is 4.53. The molecule has 1 spiro atoms. The Morgan fingerprint density at radius 1 is 0.929 bits per heavy atom. The van der Waals surface area contributed by atoms with Gasteiger partial charge in [-0.1, -0.05) is 87.6 Å². The minimum atomic E-state index is -0.0792. The summed E-state index contributed by atoms with van der Waals surface area (Å²) in [6.07, 6.45) is 10.4. The summed E-state index contributed by atoms with van der Waals surface area (Å²) in [5, 5.41) is 0. The van der Waals surface area contributed by atoms with E-state index in [-0.39, 0.29) is 5.41 Å². The van der Waals surface area contributed by atoms with E-state index in [1.54, 1.807) is 0 Å². The zero-order valence-corrected chi connectivity index (χ0v) is 17.2. The molecule has 1 aliphatic carbocycles. The molecule has 2 aromatic rings. The van der Waals surface area contributed by atoms with Crippen molar-refractivity contribution < 1.29 is 0 Å². The van der Waals surface area contributed by atoms with Crippen molar-refractivity contribution in [3.05, 3.63) is 65.7 Å². The summed E-state index contributed by atoms with van der Waals surface area (Å²) >= 11 is 0. The fourth-order valence-electron chi connectivity index (χ4n) is 6.00. The highest BCUT2D eigenvalue weighted by Gasteiger charge is 2.53. The van der Waals surface area contributed by atoms with E-state index in [1.807, 2.05) is 0 Å². The van der Waals surface area contributed by atoms with Crippen LogP contribution in [-0.2, 0) is 5.41 Å². The average Bonchev–Trinajstić information content (AvgIpc) is 3.03. The highest BCUT2D eigenvalue weighted by Crippen LogP contribution is 2.53. The van der Waals surface area contributed by atoms with Gasteiger partial charge in [0.05, 0.1) is 5.41 Å². The summed E-state index contributed by atoms with van der Waals surface area (Å²) in [6, 6.07) is 20.3. The van der Waals surface area contributed by atoms with E-state index in [9.17, 15) is 0 Å². The highest BCUT2D eigenvalue weighted by molar-refractivity contribution is 6.14. The first-order valence-electron chi connectivity index (χ1n) is 11.3. The molecular formula is C26H32N2. The van der Waals surface area contributed by atoms with Gasteiger partial charge in [0.2, 0.25) is 0 Å². The van der Waals surface area contributed by atoms with Crippen molar-refractivity contribution >= 4 is 11.5 Å². The molecule has 3 aliphatic rings. The number of hydrogen-bond acceptors (Lipinski definition) is 2. The molecule has 0 aromatic heterocycles. The Morgan fingerprint density at radius 3 is 2.46 bits per heavy atom. The molecule has 2 heterocycles. The second kappa shape index (κ2) is 7.06. The van der Waals surface area contributed by atoms with E-state index in [0.717, 1.165) is 19.5 Å². The SMILES string of the molecule is CCCCC1(c2ccccc2)C2=NCC3(CCCCC3)CN2c2ccccc21. The van der Waals surface area contributed by atoms with E-state index in [0.29, 0.717) is 5.41 Å². The van der Waals surface area contributed by atoms with Gasteiger partial charge in [0.15, 0.2) is 0 Å². The fourth-order valence-corrected chi connectivity index (χ4v) is 6.00. The van der Waals surface area contributed by atoms with E-state index >= 15 is 0 Å². The van der Waals surface area contributed by atoms with Crippen LogP contribution in [-0.4, -0.2) is 18.9 Å². The number of unbranched alkanes of at least 4 members (excludes halogenated alkanes) is 1. The summed E-state index contributed by atoms with van der Waals surface area (Å²) in [4.78, 5) is 8.03. The second-order valence-corrected chi connectivity index (χ2v) is 9.18. The molecule has 0 saturated heterocycles. The van der Waals surface area contributed by atoms with E-state index < -0.39 is 0 Å². The maximum absolute atomic E-state index is 5.41. The molecule has 146 valence electrons. The molecule has 0 radical (unpaired) electrons. The molecule has 2 heteroatoms. The Balaban J connectivity index is 1.68. The van der Waals surface area contributed by atoms with Gasteiger partial charge in [0.1, 0.15) is 5.84 Å². The van der Waals surface area contributed by atoms with Crippen LogP contribution in [0.2, 0.25) is 0 Å². The van der Waals surface area contributed by atoms with Gasteiger partial charge in [-0.15, -0.1) is 0 Å². The summed E-state index contributed by atoms with van der Waals surface area (Å²) in [6.45, 7) is 4.48. The molecule has 1 saturated carbocycles. The minimum absolute atomic E-state index is 0.0792. The number of benzene rings is 2. The Morgan fingerprint density at radius 2 is 1.68 bits per heavy atom. The molecule has 2 nitrogen and oxygen atoms in total. The van der Waals surface area contributed by atoms with Gasteiger partial charge in [-0.2, -0.15) is 0 Å². The minimum Gasteiger partial charge on any atom is -0.328 e. The second-order valence-electron chi connectivity index (χ2n) is 9.18. The summed E-state index contributed by atoms with van der Waals surface area (Å²) in [5.74, 6) is 1.32. The largest absolute Gasteiger partial charge is 0.328 e. The molecule has 2 aliphatic heterocycles. The molecule has 1 fully saturated rings. The van der Waals surface area contributed by atoms with Gasteiger partial charge in [-0.25, -0.2) is 0 Å². The fraction of sp³-hybridized carbons (Fsp3) is 0.500. The van der Waals surface area contributed by atoms with Crippen LogP contribution in [0, 0.1) is 5.41 Å². The molecule has 0 bridgehead atoms. The maximum atomic E-state index is 5.41. The van der Waals surface area contributed by atoms with Crippen molar-refractivity contribution in [2.45, 2.75) is 63.7 Å². The van der Waals surface area contributed by atoms with Gasteiger partial charge in [-0.05, 0) is 36.5 Å². The topological polar surface area (TPSA) is 15.6 Å². The molecule has 5 rings (SSSR count). The maximum Gasteiger partial charge on any atom is 0.119 e. The summed E-state index contributed by atoms with van der Waals surface area (Å²) in [7, 11) is 0. The van der Waals surface area contributed by atoms with Crippen LogP contribution in [0.3, 0.4) is 0 Å². The third kappa shape index (κ3) is 2.64. The van der Waals surface area contributed by atoms with Crippen molar-refractivity contribution in [3.63, 3.8) is 0 Å². The van der Waals surface area contributed by atoms with Crippen molar-refractivity contribution in [1.82, 2.24) is 0 Å². The number of aliphatic imine (C=N–C) groups is 1. The van der Waals surface area contributed by atoms with E-state index in [1.165, 1.54) is 67.6 Å². The summed E-state index contributed by atoms with van der Waals surface area (Å²) in [5.41, 5.74) is 4.61. The normalized spacial score (nSPS) is 25.3. The first-order chi connectivity index (χ1) is 13.8. The van der Waals surface area contributed by atoms with Crippen molar-refractivity contribution in [2.75, 3.05) is 18.0 Å². The molecule has 2 aromatic carbocycles. The predicted octanol–water partition coefficient (Wildman–Crippen LogP) is 6.35. The number of rotatable bonds is 4. The molecule has 28 heavy (non-hydrogen) atoms. The average molecular weight is 373 g/mol. The van der Waals surface area contributed by atoms with Crippen LogP contribution in [0.25, 0.3) is 0 Å². The van der Waals surface area contributed by atoms with Crippen LogP contribution in [0.5, 0.6) is 0 Å². The first-order valence-corrected chi connectivity index (χ1v) is 11.3. The van der Waals surface area contributed by atoms with Crippen LogP contribution in [0.1, 0.15) is 69.4 Å². The zero-order valence-electron chi connectivity index (χ0n) is 17.2. The van der Waals surface area contributed by atoms with Gasteiger partial charge in [-0.3, -0.25) is 4.99 Å². The van der Waals surface area contributed by atoms with Crippen LogP contribution >= 0.6 is 0 Å². The highest BCUT2D eigenvalue weighted by atomic mass is 15.3. The molecular weight excluding hydrogens is 340 g/mol. The molecule has 1 unspecified atom stereocenters. The number of nitrogens with zero attached hydrogens (tertiary/aromatic N) is 2. The zero-order chi connectivity index (χ0) is 19.0. The number of para-hydroxylation sites is 1. The van der Waals surface area contributed by atoms with Gasteiger partial charge in [0.25, 0.3) is 0 Å².